The van der Waals surface area contributed by atoms with Gasteiger partial charge in [-0.15, -0.1) is 0 Å². The van der Waals surface area contributed by atoms with Crippen LogP contribution < -0.4 is 4.74 Å². The van der Waals surface area contributed by atoms with Crippen molar-refractivity contribution in [3.63, 3.8) is 0 Å². The van der Waals surface area contributed by atoms with E-state index in [0.29, 0.717) is 11.3 Å². The predicted molar refractivity (Wildman–Crippen MR) is 71.5 cm³/mol. The van der Waals surface area contributed by atoms with Gasteiger partial charge in [-0.2, -0.15) is 0 Å². The normalized spacial score (nSPS) is 10.4. The van der Waals surface area contributed by atoms with Gasteiger partial charge in [-0.25, -0.2) is 4.79 Å². The molecule has 0 bridgehead atoms. The quantitative estimate of drug-likeness (QED) is 0.883. The Morgan fingerprint density at radius 3 is 2.53 bits per heavy atom. The molecule has 0 radical (unpaired) electrons. The van der Waals surface area contributed by atoms with Crippen LogP contribution in [0.25, 0.3) is 0 Å². The topological polar surface area (TPSA) is 66.8 Å². The number of rotatable bonds is 5. The summed E-state index contributed by atoms with van der Waals surface area (Å²) in [6.07, 6.45) is 0. The van der Waals surface area contributed by atoms with Crippen LogP contribution in [0, 0.1) is 6.92 Å². The highest BCUT2D eigenvalue weighted by molar-refractivity contribution is 5.90. The second-order valence-corrected chi connectivity index (χ2v) is 4.62. The molecule has 1 N–H and O–H groups in total. The molecule has 0 atom stereocenters. The van der Waals surface area contributed by atoms with Gasteiger partial charge in [0, 0.05) is 18.7 Å². The Bertz CT molecular complexity index is 482. The number of aromatic carboxylic acids is 1. The van der Waals surface area contributed by atoms with Crippen molar-refractivity contribution in [1.29, 1.82) is 0 Å². The van der Waals surface area contributed by atoms with Crippen molar-refractivity contribution in [3.05, 3.63) is 29.3 Å². The van der Waals surface area contributed by atoms with Gasteiger partial charge in [-0.1, -0.05) is 6.07 Å². The fourth-order valence-corrected chi connectivity index (χ4v) is 1.53. The summed E-state index contributed by atoms with van der Waals surface area (Å²) in [6, 6.07) is 4.86. The van der Waals surface area contributed by atoms with Gasteiger partial charge < -0.3 is 14.7 Å². The van der Waals surface area contributed by atoms with Crippen molar-refractivity contribution >= 4 is 11.9 Å². The number of hydrogen-bond donors (Lipinski definition) is 1. The number of benzene rings is 1. The van der Waals surface area contributed by atoms with Crippen LogP contribution in [0.5, 0.6) is 5.75 Å². The SMILES string of the molecule is Cc1c(OCC(=O)N(C)C(C)C)cccc1C(=O)O. The summed E-state index contributed by atoms with van der Waals surface area (Å²) in [5, 5.41) is 9.00. The molecular formula is C14H19NO4. The Morgan fingerprint density at radius 1 is 1.37 bits per heavy atom. The first-order valence-corrected chi connectivity index (χ1v) is 6.06. The lowest BCUT2D eigenvalue weighted by Gasteiger charge is -2.21. The van der Waals surface area contributed by atoms with Crippen LogP contribution in [-0.4, -0.2) is 41.6 Å². The highest BCUT2D eigenvalue weighted by Gasteiger charge is 2.15. The Balaban J connectivity index is 2.76. The molecule has 0 aliphatic carbocycles. The minimum Gasteiger partial charge on any atom is -0.483 e. The molecule has 5 heteroatoms. The van der Waals surface area contributed by atoms with Crippen LogP contribution in [0.3, 0.4) is 0 Å². The van der Waals surface area contributed by atoms with Gasteiger partial charge in [-0.05, 0) is 32.9 Å². The molecule has 1 aromatic carbocycles. The highest BCUT2D eigenvalue weighted by atomic mass is 16.5. The van der Waals surface area contributed by atoms with E-state index in [4.69, 9.17) is 9.84 Å². The number of carboxylic acids is 1. The Morgan fingerprint density at radius 2 is 2.00 bits per heavy atom. The zero-order chi connectivity index (χ0) is 14.6. The molecule has 0 aromatic heterocycles. The molecule has 0 unspecified atom stereocenters. The molecule has 0 heterocycles. The first-order valence-electron chi connectivity index (χ1n) is 6.06. The standard InChI is InChI=1S/C14H19NO4/c1-9(2)15(4)13(16)8-19-12-7-5-6-11(10(12)3)14(17)18/h5-7,9H,8H2,1-4H3,(H,17,18). The smallest absolute Gasteiger partial charge is 0.336 e. The van der Waals surface area contributed by atoms with E-state index >= 15 is 0 Å². The molecule has 0 saturated heterocycles. The van der Waals surface area contributed by atoms with E-state index in [1.807, 2.05) is 13.8 Å². The molecule has 0 aliphatic heterocycles. The summed E-state index contributed by atoms with van der Waals surface area (Å²) >= 11 is 0. The van der Waals surface area contributed by atoms with Crippen molar-refractivity contribution in [2.75, 3.05) is 13.7 Å². The summed E-state index contributed by atoms with van der Waals surface area (Å²) < 4.78 is 5.41. The summed E-state index contributed by atoms with van der Waals surface area (Å²) in [5.41, 5.74) is 0.706. The maximum Gasteiger partial charge on any atom is 0.336 e. The molecule has 1 amide bonds. The van der Waals surface area contributed by atoms with Crippen molar-refractivity contribution in [3.8, 4) is 5.75 Å². The first kappa shape index (κ1) is 15.0. The molecule has 0 aliphatic rings. The number of likely N-dealkylation sites (N-methyl/N-ethyl adjacent to an activating group) is 1. The molecular weight excluding hydrogens is 246 g/mol. The predicted octanol–water partition coefficient (Wildman–Crippen LogP) is 1.94. The van der Waals surface area contributed by atoms with Gasteiger partial charge in [0.25, 0.3) is 5.91 Å². The van der Waals surface area contributed by atoms with E-state index in [1.165, 1.54) is 6.07 Å². The van der Waals surface area contributed by atoms with E-state index in [0.717, 1.165) is 0 Å². The number of amides is 1. The minimum atomic E-state index is -1.01. The molecule has 1 rings (SSSR count). The van der Waals surface area contributed by atoms with E-state index < -0.39 is 5.97 Å². The number of carbonyl (C=O) groups excluding carboxylic acids is 1. The molecule has 5 nitrogen and oxygen atoms in total. The third-order valence-corrected chi connectivity index (χ3v) is 3.03. The maximum absolute atomic E-state index is 11.8. The molecule has 1 aromatic rings. The fourth-order valence-electron chi connectivity index (χ4n) is 1.53. The van der Waals surface area contributed by atoms with E-state index in [-0.39, 0.29) is 24.1 Å². The second-order valence-electron chi connectivity index (χ2n) is 4.62. The van der Waals surface area contributed by atoms with Gasteiger partial charge in [0.1, 0.15) is 5.75 Å². The van der Waals surface area contributed by atoms with Crippen molar-refractivity contribution in [2.45, 2.75) is 26.8 Å². The lowest BCUT2D eigenvalue weighted by atomic mass is 10.1. The van der Waals surface area contributed by atoms with Gasteiger partial charge in [-0.3, -0.25) is 4.79 Å². The lowest BCUT2D eigenvalue weighted by Crippen LogP contribution is -2.36. The number of ether oxygens (including phenoxy) is 1. The second kappa shape index (κ2) is 6.22. The molecule has 0 saturated carbocycles. The number of nitrogens with zero attached hydrogens (tertiary/aromatic N) is 1. The number of carbonyl (C=O) groups is 2. The average Bonchev–Trinajstić information content (AvgIpc) is 2.35. The van der Waals surface area contributed by atoms with Gasteiger partial charge >= 0.3 is 5.97 Å². The molecule has 0 spiro atoms. The van der Waals surface area contributed by atoms with Crippen LogP contribution >= 0.6 is 0 Å². The van der Waals surface area contributed by atoms with Crippen LogP contribution in [0.1, 0.15) is 29.8 Å². The summed E-state index contributed by atoms with van der Waals surface area (Å²) in [5.74, 6) is -0.728. The monoisotopic (exact) mass is 265 g/mol. The van der Waals surface area contributed by atoms with Crippen molar-refractivity contribution in [1.82, 2.24) is 4.90 Å². The van der Waals surface area contributed by atoms with Crippen molar-refractivity contribution < 1.29 is 19.4 Å². The molecule has 104 valence electrons. The summed E-state index contributed by atoms with van der Waals surface area (Å²) in [6.45, 7) is 5.39. The van der Waals surface area contributed by atoms with E-state index in [2.05, 4.69) is 0 Å². The molecule has 19 heavy (non-hydrogen) atoms. The van der Waals surface area contributed by atoms with E-state index in [9.17, 15) is 9.59 Å². The Hall–Kier alpha value is -2.04. The van der Waals surface area contributed by atoms with Gasteiger partial charge in [0.05, 0.1) is 5.56 Å². The Kier molecular flexibility index (Phi) is 4.92. The minimum absolute atomic E-state index is 0.0986. The highest BCUT2D eigenvalue weighted by Crippen LogP contribution is 2.21. The Labute approximate surface area is 112 Å². The zero-order valence-electron chi connectivity index (χ0n) is 11.6. The maximum atomic E-state index is 11.8. The van der Waals surface area contributed by atoms with Crippen LogP contribution in [0.15, 0.2) is 18.2 Å². The lowest BCUT2D eigenvalue weighted by molar-refractivity contribution is -0.133. The van der Waals surface area contributed by atoms with Crippen LogP contribution in [0.4, 0.5) is 0 Å². The van der Waals surface area contributed by atoms with Gasteiger partial charge in [0.15, 0.2) is 6.61 Å². The van der Waals surface area contributed by atoms with Crippen molar-refractivity contribution in [2.24, 2.45) is 0 Å². The van der Waals surface area contributed by atoms with E-state index in [1.54, 1.807) is 31.0 Å². The summed E-state index contributed by atoms with van der Waals surface area (Å²) in [4.78, 5) is 24.3. The zero-order valence-corrected chi connectivity index (χ0v) is 11.6. The van der Waals surface area contributed by atoms with Gasteiger partial charge in [0.2, 0.25) is 0 Å². The third kappa shape index (κ3) is 3.71. The number of carboxylic acid groups (broad SMARTS) is 1. The van der Waals surface area contributed by atoms with Crippen LogP contribution in [-0.2, 0) is 4.79 Å². The first-order chi connectivity index (χ1) is 8.84. The average molecular weight is 265 g/mol. The number of hydrogen-bond acceptors (Lipinski definition) is 3. The molecule has 0 fully saturated rings. The fraction of sp³-hybridized carbons (Fsp3) is 0.429. The third-order valence-electron chi connectivity index (χ3n) is 3.03. The largest absolute Gasteiger partial charge is 0.483 e. The summed E-state index contributed by atoms with van der Waals surface area (Å²) in [7, 11) is 1.71. The van der Waals surface area contributed by atoms with Crippen LogP contribution in [0.2, 0.25) is 0 Å².